The fraction of sp³-hybridized carbons (Fsp3) is 0.500. The Morgan fingerprint density at radius 2 is 1.77 bits per heavy atom. The fourth-order valence-corrected chi connectivity index (χ4v) is 3.52. The lowest BCUT2D eigenvalue weighted by Crippen LogP contribution is -2.46. The van der Waals surface area contributed by atoms with Gasteiger partial charge in [0.15, 0.2) is 0 Å². The predicted octanol–water partition coefficient (Wildman–Crippen LogP) is 2.36. The Hall–Kier alpha value is -2.34. The average molecular weight is 355 g/mol. The van der Waals surface area contributed by atoms with Crippen molar-refractivity contribution in [3.63, 3.8) is 0 Å². The third-order valence-corrected chi connectivity index (χ3v) is 5.33. The molecule has 2 aromatic rings. The van der Waals surface area contributed by atoms with E-state index in [1.165, 1.54) is 5.69 Å². The van der Waals surface area contributed by atoms with E-state index in [-0.39, 0.29) is 5.91 Å². The Morgan fingerprint density at radius 3 is 2.31 bits per heavy atom. The fourth-order valence-electron chi connectivity index (χ4n) is 3.52. The van der Waals surface area contributed by atoms with Gasteiger partial charge >= 0.3 is 0 Å². The monoisotopic (exact) mass is 355 g/mol. The van der Waals surface area contributed by atoms with E-state index in [0.29, 0.717) is 6.42 Å². The Morgan fingerprint density at radius 1 is 1.12 bits per heavy atom. The third-order valence-electron chi connectivity index (χ3n) is 5.33. The number of hydrogen-bond acceptors (Lipinski definition) is 4. The van der Waals surface area contributed by atoms with Gasteiger partial charge < -0.3 is 15.1 Å². The number of hydrogen-bond donors (Lipinski definition) is 1. The molecule has 1 fully saturated rings. The first-order valence-corrected chi connectivity index (χ1v) is 9.34. The van der Waals surface area contributed by atoms with E-state index in [1.807, 2.05) is 37.7 Å². The highest BCUT2D eigenvalue weighted by Crippen LogP contribution is 2.20. The molecule has 1 aromatic heterocycles. The second kappa shape index (κ2) is 7.91. The van der Waals surface area contributed by atoms with Gasteiger partial charge in [0.2, 0.25) is 5.91 Å². The molecule has 1 aliphatic rings. The van der Waals surface area contributed by atoms with Gasteiger partial charge in [0.25, 0.3) is 0 Å². The van der Waals surface area contributed by atoms with E-state index in [4.69, 9.17) is 0 Å². The third kappa shape index (κ3) is 4.07. The topological polar surface area (TPSA) is 53.4 Å². The number of nitrogens with one attached hydrogen (secondary N) is 1. The van der Waals surface area contributed by atoms with Gasteiger partial charge in [-0.1, -0.05) is 6.92 Å². The SMILES string of the molecule is CCN1CCN(c2ccc(NC(=O)Cc3c(C)nn(C)c3C)cc2)CC1. The molecule has 1 aliphatic heterocycles. The van der Waals surface area contributed by atoms with Crippen LogP contribution in [0.5, 0.6) is 0 Å². The molecule has 140 valence electrons. The van der Waals surface area contributed by atoms with Crippen LogP contribution in [0.25, 0.3) is 0 Å². The molecule has 3 rings (SSSR count). The number of carbonyl (C=O) groups excluding carboxylic acids is 1. The largest absolute Gasteiger partial charge is 0.369 e. The molecule has 1 aromatic carbocycles. The van der Waals surface area contributed by atoms with E-state index in [1.54, 1.807) is 0 Å². The standard InChI is InChI=1S/C20H29N5O/c1-5-24-10-12-25(13-11-24)18-8-6-17(7-9-18)21-20(26)14-19-15(2)22-23(4)16(19)3/h6-9H,5,10-14H2,1-4H3,(H,21,26). The lowest BCUT2D eigenvalue weighted by Gasteiger charge is -2.35. The summed E-state index contributed by atoms with van der Waals surface area (Å²) in [6.45, 7) is 11.6. The van der Waals surface area contributed by atoms with Gasteiger partial charge in [-0.25, -0.2) is 0 Å². The summed E-state index contributed by atoms with van der Waals surface area (Å²) in [6.07, 6.45) is 0.353. The molecule has 0 atom stereocenters. The van der Waals surface area contributed by atoms with E-state index in [0.717, 1.165) is 55.4 Å². The van der Waals surface area contributed by atoms with Gasteiger partial charge in [-0.15, -0.1) is 0 Å². The molecule has 0 bridgehead atoms. The average Bonchev–Trinajstić information content (AvgIpc) is 2.88. The number of anilines is 2. The summed E-state index contributed by atoms with van der Waals surface area (Å²) in [7, 11) is 1.91. The Labute approximate surface area is 155 Å². The minimum Gasteiger partial charge on any atom is -0.369 e. The van der Waals surface area contributed by atoms with Gasteiger partial charge in [0.05, 0.1) is 12.1 Å². The van der Waals surface area contributed by atoms with Crippen LogP contribution in [0.2, 0.25) is 0 Å². The molecule has 6 heteroatoms. The minimum atomic E-state index is -0.00601. The highest BCUT2D eigenvalue weighted by atomic mass is 16.1. The molecule has 0 aliphatic carbocycles. The zero-order chi connectivity index (χ0) is 18.7. The zero-order valence-corrected chi connectivity index (χ0v) is 16.2. The Kier molecular flexibility index (Phi) is 5.61. The lowest BCUT2D eigenvalue weighted by molar-refractivity contribution is -0.115. The van der Waals surface area contributed by atoms with Crippen molar-refractivity contribution in [1.82, 2.24) is 14.7 Å². The quantitative estimate of drug-likeness (QED) is 0.895. The Bertz CT molecular complexity index is 757. The summed E-state index contributed by atoms with van der Waals surface area (Å²) in [4.78, 5) is 17.3. The number of aryl methyl sites for hydroxylation is 2. The smallest absolute Gasteiger partial charge is 0.228 e. The molecular formula is C20H29N5O. The van der Waals surface area contributed by atoms with Crippen molar-refractivity contribution in [3.8, 4) is 0 Å². The summed E-state index contributed by atoms with van der Waals surface area (Å²) in [5.74, 6) is -0.00601. The van der Waals surface area contributed by atoms with Crippen molar-refractivity contribution >= 4 is 17.3 Å². The van der Waals surface area contributed by atoms with E-state index in [2.05, 4.69) is 39.3 Å². The molecule has 2 heterocycles. The summed E-state index contributed by atoms with van der Waals surface area (Å²) >= 11 is 0. The maximum Gasteiger partial charge on any atom is 0.228 e. The first kappa shape index (κ1) is 18.5. The molecule has 6 nitrogen and oxygen atoms in total. The second-order valence-corrected chi connectivity index (χ2v) is 6.97. The van der Waals surface area contributed by atoms with Crippen LogP contribution in [0.3, 0.4) is 0 Å². The molecule has 26 heavy (non-hydrogen) atoms. The van der Waals surface area contributed by atoms with Crippen molar-refractivity contribution in [3.05, 3.63) is 41.2 Å². The highest BCUT2D eigenvalue weighted by Gasteiger charge is 2.16. The number of amides is 1. The summed E-state index contributed by atoms with van der Waals surface area (Å²) in [5, 5.41) is 7.37. The van der Waals surface area contributed by atoms with Crippen LogP contribution >= 0.6 is 0 Å². The molecule has 1 amide bonds. The molecule has 1 saturated heterocycles. The lowest BCUT2D eigenvalue weighted by atomic mass is 10.1. The predicted molar refractivity (Wildman–Crippen MR) is 106 cm³/mol. The van der Waals surface area contributed by atoms with Gasteiger partial charge in [0.1, 0.15) is 0 Å². The van der Waals surface area contributed by atoms with Gasteiger partial charge in [-0.05, 0) is 44.7 Å². The van der Waals surface area contributed by atoms with Crippen LogP contribution in [0.1, 0.15) is 23.9 Å². The van der Waals surface area contributed by atoms with Crippen LogP contribution in [0, 0.1) is 13.8 Å². The van der Waals surface area contributed by atoms with E-state index in [9.17, 15) is 4.79 Å². The molecular weight excluding hydrogens is 326 g/mol. The summed E-state index contributed by atoms with van der Waals surface area (Å²) < 4.78 is 1.82. The zero-order valence-electron chi connectivity index (χ0n) is 16.2. The second-order valence-electron chi connectivity index (χ2n) is 6.97. The molecule has 1 N–H and O–H groups in total. The number of carbonyl (C=O) groups is 1. The maximum absolute atomic E-state index is 12.4. The normalized spacial score (nSPS) is 15.3. The van der Waals surface area contributed by atoms with E-state index < -0.39 is 0 Å². The van der Waals surface area contributed by atoms with E-state index >= 15 is 0 Å². The van der Waals surface area contributed by atoms with Crippen molar-refractivity contribution in [2.24, 2.45) is 7.05 Å². The highest BCUT2D eigenvalue weighted by molar-refractivity contribution is 5.92. The van der Waals surface area contributed by atoms with Gasteiger partial charge in [-0.3, -0.25) is 9.48 Å². The van der Waals surface area contributed by atoms with Crippen molar-refractivity contribution in [2.45, 2.75) is 27.2 Å². The van der Waals surface area contributed by atoms with Gasteiger partial charge in [-0.2, -0.15) is 5.10 Å². The van der Waals surface area contributed by atoms with Crippen molar-refractivity contribution < 1.29 is 4.79 Å². The van der Waals surface area contributed by atoms with Gasteiger partial charge in [0, 0.05) is 55.9 Å². The maximum atomic E-state index is 12.4. The van der Waals surface area contributed by atoms with Crippen LogP contribution < -0.4 is 10.2 Å². The number of nitrogens with zero attached hydrogens (tertiary/aromatic N) is 4. The molecule has 0 radical (unpaired) electrons. The number of likely N-dealkylation sites (N-methyl/N-ethyl adjacent to an activating group) is 1. The number of piperazine rings is 1. The number of benzene rings is 1. The Balaban J connectivity index is 1.58. The molecule has 0 spiro atoms. The first-order chi connectivity index (χ1) is 12.5. The molecule has 0 saturated carbocycles. The summed E-state index contributed by atoms with van der Waals surface area (Å²) in [6, 6.07) is 8.17. The van der Waals surface area contributed by atoms with Crippen LogP contribution in [0.15, 0.2) is 24.3 Å². The van der Waals surface area contributed by atoms with Crippen LogP contribution in [0.4, 0.5) is 11.4 Å². The van der Waals surface area contributed by atoms with Crippen LogP contribution in [-0.4, -0.2) is 53.3 Å². The minimum absolute atomic E-state index is 0.00601. The first-order valence-electron chi connectivity index (χ1n) is 9.34. The van der Waals surface area contributed by atoms with Crippen molar-refractivity contribution in [2.75, 3.05) is 42.9 Å². The molecule has 0 unspecified atom stereocenters. The van der Waals surface area contributed by atoms with Crippen molar-refractivity contribution in [1.29, 1.82) is 0 Å². The number of aromatic nitrogens is 2. The van der Waals surface area contributed by atoms with Crippen LogP contribution in [-0.2, 0) is 18.3 Å². The summed E-state index contributed by atoms with van der Waals surface area (Å²) in [5.41, 5.74) is 5.03. The number of rotatable bonds is 5.